The Morgan fingerprint density at radius 1 is 1.15 bits per heavy atom. The quantitative estimate of drug-likeness (QED) is 0.736. The molecular weight excluding hydrogens is 266 g/mol. The molecule has 1 fully saturated rings. The topological polar surface area (TPSA) is 33.6 Å². The molecule has 0 radical (unpaired) electrons. The van der Waals surface area contributed by atoms with Crippen LogP contribution in [0.1, 0.15) is 29.9 Å². The van der Waals surface area contributed by atoms with E-state index >= 15 is 0 Å². The van der Waals surface area contributed by atoms with Crippen molar-refractivity contribution < 1.29 is 0 Å². The summed E-state index contributed by atoms with van der Waals surface area (Å²) >= 11 is 5.23. The molecule has 0 aliphatic heterocycles. The third-order valence-electron chi connectivity index (χ3n) is 4.02. The van der Waals surface area contributed by atoms with E-state index in [1.165, 1.54) is 34.7 Å². The average molecular weight is 281 g/mol. The van der Waals surface area contributed by atoms with E-state index in [-0.39, 0.29) is 0 Å². The van der Waals surface area contributed by atoms with Crippen molar-refractivity contribution in [2.24, 2.45) is 0 Å². The summed E-state index contributed by atoms with van der Waals surface area (Å²) in [7, 11) is 0. The van der Waals surface area contributed by atoms with Crippen LogP contribution in [0.25, 0.3) is 10.8 Å². The largest absolute Gasteiger partial charge is 0.302 e. The highest BCUT2D eigenvalue weighted by atomic mass is 32.1. The number of hydrogen-bond donors (Lipinski definition) is 1. The van der Waals surface area contributed by atoms with Crippen molar-refractivity contribution in [2.45, 2.75) is 25.3 Å². The zero-order valence-corrected chi connectivity index (χ0v) is 11.9. The van der Waals surface area contributed by atoms with Gasteiger partial charge in [0.25, 0.3) is 0 Å². The fourth-order valence-corrected chi connectivity index (χ4v) is 3.00. The summed E-state index contributed by atoms with van der Waals surface area (Å²) in [5.41, 5.74) is 2.79. The van der Waals surface area contributed by atoms with E-state index in [1.807, 2.05) is 4.57 Å². The first-order valence-electron chi connectivity index (χ1n) is 6.93. The molecule has 4 rings (SSSR count). The van der Waals surface area contributed by atoms with Gasteiger partial charge in [0.05, 0.1) is 6.54 Å². The fourth-order valence-electron chi connectivity index (χ4n) is 2.84. The Bertz CT molecular complexity index is 827. The van der Waals surface area contributed by atoms with Crippen LogP contribution in [0.2, 0.25) is 0 Å². The van der Waals surface area contributed by atoms with Crippen LogP contribution in [0.15, 0.2) is 42.7 Å². The van der Waals surface area contributed by atoms with Gasteiger partial charge in [-0.15, -0.1) is 0 Å². The Morgan fingerprint density at radius 3 is 2.65 bits per heavy atom. The highest BCUT2D eigenvalue weighted by molar-refractivity contribution is 7.71. The van der Waals surface area contributed by atoms with Gasteiger partial charge in [-0.1, -0.05) is 36.4 Å². The van der Waals surface area contributed by atoms with E-state index in [1.54, 1.807) is 6.33 Å². The molecule has 3 nitrogen and oxygen atoms in total. The summed E-state index contributed by atoms with van der Waals surface area (Å²) in [5, 5.41) is 9.52. The normalized spacial score (nSPS) is 14.8. The molecule has 1 aliphatic rings. The Labute approximate surface area is 122 Å². The zero-order valence-electron chi connectivity index (χ0n) is 11.0. The third-order valence-corrected chi connectivity index (χ3v) is 4.35. The van der Waals surface area contributed by atoms with Gasteiger partial charge in [-0.05, 0) is 52.9 Å². The van der Waals surface area contributed by atoms with Gasteiger partial charge in [-0.25, -0.2) is 0 Å². The molecular formula is C16H15N3S. The number of nitrogens with one attached hydrogen (secondary N) is 1. The van der Waals surface area contributed by atoms with Gasteiger partial charge in [0, 0.05) is 0 Å². The number of aromatic amines is 1. The molecule has 0 unspecified atom stereocenters. The number of H-pyrrole nitrogens is 1. The maximum absolute atomic E-state index is 5.23. The minimum absolute atomic E-state index is 0.667. The number of benzene rings is 2. The SMILES string of the molecule is S=c1[nH]ncn1Cc1ccc(C2CC2)c2ccccc12. The second-order valence-corrected chi connectivity index (χ2v) is 5.81. The van der Waals surface area contributed by atoms with Gasteiger partial charge in [-0.2, -0.15) is 5.10 Å². The smallest absolute Gasteiger partial charge is 0.195 e. The molecule has 0 atom stereocenters. The van der Waals surface area contributed by atoms with E-state index in [9.17, 15) is 0 Å². The summed E-state index contributed by atoms with van der Waals surface area (Å²) in [4.78, 5) is 0. The van der Waals surface area contributed by atoms with Crippen LogP contribution in [-0.2, 0) is 6.54 Å². The lowest BCUT2D eigenvalue weighted by Crippen LogP contribution is -2.00. The molecule has 0 spiro atoms. The van der Waals surface area contributed by atoms with Crippen molar-refractivity contribution in [1.29, 1.82) is 0 Å². The van der Waals surface area contributed by atoms with Crippen LogP contribution < -0.4 is 0 Å². The molecule has 1 aromatic heterocycles. The number of aromatic nitrogens is 3. The monoisotopic (exact) mass is 281 g/mol. The first-order chi connectivity index (χ1) is 9.83. The molecule has 0 saturated heterocycles. The van der Waals surface area contributed by atoms with Crippen molar-refractivity contribution in [3.8, 4) is 0 Å². The van der Waals surface area contributed by atoms with Crippen molar-refractivity contribution in [3.05, 3.63) is 58.6 Å². The fraction of sp³-hybridized carbons (Fsp3) is 0.250. The lowest BCUT2D eigenvalue weighted by atomic mass is 9.97. The molecule has 4 heteroatoms. The van der Waals surface area contributed by atoms with E-state index in [0.717, 1.165) is 12.5 Å². The van der Waals surface area contributed by atoms with Gasteiger partial charge in [0.15, 0.2) is 4.77 Å². The van der Waals surface area contributed by atoms with E-state index in [4.69, 9.17) is 12.2 Å². The van der Waals surface area contributed by atoms with E-state index < -0.39 is 0 Å². The molecule has 1 aliphatic carbocycles. The summed E-state index contributed by atoms with van der Waals surface area (Å²) in [6, 6.07) is 13.2. The first-order valence-corrected chi connectivity index (χ1v) is 7.34. The Hall–Kier alpha value is -1.94. The number of fused-ring (bicyclic) bond motifs is 1. The Kier molecular flexibility index (Phi) is 2.70. The van der Waals surface area contributed by atoms with Gasteiger partial charge >= 0.3 is 0 Å². The molecule has 0 amide bonds. The predicted molar refractivity (Wildman–Crippen MR) is 82.4 cm³/mol. The minimum atomic E-state index is 0.667. The zero-order chi connectivity index (χ0) is 13.5. The lowest BCUT2D eigenvalue weighted by molar-refractivity contribution is 0.787. The van der Waals surface area contributed by atoms with Crippen LogP contribution >= 0.6 is 12.2 Å². The average Bonchev–Trinajstić information content (AvgIpc) is 3.24. The van der Waals surface area contributed by atoms with Crippen molar-refractivity contribution in [2.75, 3.05) is 0 Å². The summed E-state index contributed by atoms with van der Waals surface area (Å²) < 4.78 is 2.63. The van der Waals surface area contributed by atoms with Crippen molar-refractivity contribution >= 4 is 23.0 Å². The molecule has 3 aromatic rings. The summed E-state index contributed by atoms with van der Waals surface area (Å²) in [5.74, 6) is 0.769. The molecule has 0 bridgehead atoms. The standard InChI is InChI=1S/C16H15N3S/c20-16-18-17-10-19(16)9-12-7-8-14(11-5-6-11)15-4-2-1-3-13(12)15/h1-4,7-8,10-11H,5-6,9H2,(H,18,20). The Balaban J connectivity index is 1.86. The van der Waals surface area contributed by atoms with Gasteiger partial charge in [0.2, 0.25) is 0 Å². The third kappa shape index (κ3) is 1.96. The highest BCUT2D eigenvalue weighted by Gasteiger charge is 2.25. The minimum Gasteiger partial charge on any atom is -0.302 e. The second kappa shape index (κ2) is 4.56. The highest BCUT2D eigenvalue weighted by Crippen LogP contribution is 2.43. The predicted octanol–water partition coefficient (Wildman–Crippen LogP) is 4.02. The number of hydrogen-bond acceptors (Lipinski definition) is 2. The summed E-state index contributed by atoms with van der Waals surface area (Å²) in [6.07, 6.45) is 4.41. The number of nitrogens with zero attached hydrogens (tertiary/aromatic N) is 2. The molecule has 1 heterocycles. The van der Waals surface area contributed by atoms with Crippen molar-refractivity contribution in [3.63, 3.8) is 0 Å². The molecule has 1 saturated carbocycles. The van der Waals surface area contributed by atoms with Gasteiger partial charge < -0.3 is 4.57 Å². The maximum Gasteiger partial charge on any atom is 0.195 e. The van der Waals surface area contributed by atoms with Crippen LogP contribution in [0.5, 0.6) is 0 Å². The lowest BCUT2D eigenvalue weighted by Gasteiger charge is -2.11. The molecule has 2 aromatic carbocycles. The van der Waals surface area contributed by atoms with Crippen LogP contribution in [0.4, 0.5) is 0 Å². The van der Waals surface area contributed by atoms with Crippen molar-refractivity contribution in [1.82, 2.24) is 14.8 Å². The van der Waals surface area contributed by atoms with Crippen LogP contribution in [0, 0.1) is 4.77 Å². The maximum atomic E-state index is 5.23. The summed E-state index contributed by atoms with van der Waals surface area (Å²) in [6.45, 7) is 0.765. The Morgan fingerprint density at radius 2 is 1.95 bits per heavy atom. The second-order valence-electron chi connectivity index (χ2n) is 5.42. The van der Waals surface area contributed by atoms with Crippen LogP contribution in [0.3, 0.4) is 0 Å². The van der Waals surface area contributed by atoms with Crippen LogP contribution in [-0.4, -0.2) is 14.8 Å². The van der Waals surface area contributed by atoms with E-state index in [0.29, 0.717) is 4.77 Å². The van der Waals surface area contributed by atoms with Gasteiger partial charge in [-0.3, -0.25) is 5.10 Å². The first kappa shape index (κ1) is 11.9. The number of rotatable bonds is 3. The molecule has 20 heavy (non-hydrogen) atoms. The molecule has 100 valence electrons. The van der Waals surface area contributed by atoms with E-state index in [2.05, 4.69) is 46.6 Å². The van der Waals surface area contributed by atoms with Gasteiger partial charge in [0.1, 0.15) is 6.33 Å². The molecule has 1 N–H and O–H groups in total.